The third kappa shape index (κ3) is 3.69. The molecule has 2 aliphatic heterocycles. The van der Waals surface area contributed by atoms with E-state index < -0.39 is 0 Å². The topological polar surface area (TPSA) is 44.4 Å². The number of nitrogens with one attached hydrogen (secondary N) is 2. The van der Waals surface area contributed by atoms with Gasteiger partial charge in [0.1, 0.15) is 0 Å². The molecular weight excluding hydrogens is 238 g/mol. The summed E-state index contributed by atoms with van der Waals surface area (Å²) < 4.78 is 0. The molecule has 2 heterocycles. The Balaban J connectivity index is 1.87. The third-order valence-corrected chi connectivity index (χ3v) is 4.77. The Labute approximate surface area is 117 Å². The molecule has 19 heavy (non-hydrogen) atoms. The average molecular weight is 267 g/mol. The normalized spacial score (nSPS) is 34.8. The van der Waals surface area contributed by atoms with Gasteiger partial charge in [0, 0.05) is 18.1 Å². The summed E-state index contributed by atoms with van der Waals surface area (Å²) in [5, 5.41) is 6.64. The second-order valence-corrected chi connectivity index (χ2v) is 6.28. The molecule has 0 aliphatic carbocycles. The molecule has 4 unspecified atom stereocenters. The SMILES string of the molecule is CC1CCC(C)N1C(C)C(=O)NC1CCCNCC1. The standard InChI is InChI=1S/C15H29N3O/c1-11-6-7-12(2)18(11)13(3)15(19)17-14-5-4-9-16-10-8-14/h11-14,16H,4-10H2,1-3H3,(H,17,19). The van der Waals surface area contributed by atoms with Crippen molar-refractivity contribution in [1.29, 1.82) is 0 Å². The largest absolute Gasteiger partial charge is 0.352 e. The summed E-state index contributed by atoms with van der Waals surface area (Å²) in [6, 6.07) is 1.43. The lowest BCUT2D eigenvalue weighted by atomic mass is 10.1. The maximum absolute atomic E-state index is 12.4. The van der Waals surface area contributed by atoms with Gasteiger partial charge in [-0.1, -0.05) is 0 Å². The van der Waals surface area contributed by atoms with Gasteiger partial charge in [-0.05, 0) is 66.0 Å². The van der Waals surface area contributed by atoms with Gasteiger partial charge in [0.15, 0.2) is 0 Å². The van der Waals surface area contributed by atoms with E-state index in [1.54, 1.807) is 0 Å². The van der Waals surface area contributed by atoms with E-state index in [-0.39, 0.29) is 11.9 Å². The first-order valence-electron chi connectivity index (χ1n) is 7.88. The number of nitrogens with zero attached hydrogens (tertiary/aromatic N) is 1. The van der Waals surface area contributed by atoms with Gasteiger partial charge < -0.3 is 10.6 Å². The molecule has 0 spiro atoms. The third-order valence-electron chi connectivity index (χ3n) is 4.77. The van der Waals surface area contributed by atoms with E-state index in [0.29, 0.717) is 18.1 Å². The molecule has 4 heteroatoms. The van der Waals surface area contributed by atoms with Crippen molar-refractivity contribution >= 4 is 5.91 Å². The van der Waals surface area contributed by atoms with Gasteiger partial charge in [0.05, 0.1) is 6.04 Å². The summed E-state index contributed by atoms with van der Waals surface area (Å²) >= 11 is 0. The van der Waals surface area contributed by atoms with Crippen molar-refractivity contribution in [2.75, 3.05) is 13.1 Å². The summed E-state index contributed by atoms with van der Waals surface area (Å²) in [5.74, 6) is 0.215. The van der Waals surface area contributed by atoms with Gasteiger partial charge in [0.2, 0.25) is 5.91 Å². The lowest BCUT2D eigenvalue weighted by Crippen LogP contribution is -2.51. The predicted molar refractivity (Wildman–Crippen MR) is 78.1 cm³/mol. The van der Waals surface area contributed by atoms with Crippen LogP contribution in [-0.4, -0.2) is 48.1 Å². The molecule has 0 saturated carbocycles. The highest BCUT2D eigenvalue weighted by molar-refractivity contribution is 5.81. The highest BCUT2D eigenvalue weighted by Crippen LogP contribution is 2.26. The molecule has 2 saturated heterocycles. The number of hydrogen-bond acceptors (Lipinski definition) is 3. The zero-order valence-electron chi connectivity index (χ0n) is 12.6. The number of hydrogen-bond donors (Lipinski definition) is 2. The Morgan fingerprint density at radius 1 is 1.16 bits per heavy atom. The minimum Gasteiger partial charge on any atom is -0.352 e. The van der Waals surface area contributed by atoms with Crippen LogP contribution in [0, 0.1) is 0 Å². The lowest BCUT2D eigenvalue weighted by molar-refractivity contribution is -0.127. The Bertz CT molecular complexity index is 290. The molecule has 2 rings (SSSR count). The first-order chi connectivity index (χ1) is 9.09. The van der Waals surface area contributed by atoms with Crippen LogP contribution in [0.4, 0.5) is 0 Å². The van der Waals surface area contributed by atoms with E-state index in [1.165, 1.54) is 12.8 Å². The van der Waals surface area contributed by atoms with Crippen molar-refractivity contribution in [2.45, 2.75) is 77.0 Å². The monoisotopic (exact) mass is 267 g/mol. The van der Waals surface area contributed by atoms with Gasteiger partial charge >= 0.3 is 0 Å². The Kier molecular flexibility index (Phi) is 5.22. The van der Waals surface area contributed by atoms with Crippen molar-refractivity contribution in [1.82, 2.24) is 15.5 Å². The maximum Gasteiger partial charge on any atom is 0.237 e. The fraction of sp³-hybridized carbons (Fsp3) is 0.933. The minimum absolute atomic E-state index is 0.00344. The molecule has 2 aliphatic rings. The van der Waals surface area contributed by atoms with Gasteiger partial charge in [-0.2, -0.15) is 0 Å². The Hall–Kier alpha value is -0.610. The molecule has 0 aromatic carbocycles. The zero-order chi connectivity index (χ0) is 13.8. The van der Waals surface area contributed by atoms with Gasteiger partial charge in [0.25, 0.3) is 0 Å². The van der Waals surface area contributed by atoms with Gasteiger partial charge in [-0.3, -0.25) is 9.69 Å². The predicted octanol–water partition coefficient (Wildman–Crippen LogP) is 1.51. The van der Waals surface area contributed by atoms with Crippen LogP contribution < -0.4 is 10.6 Å². The van der Waals surface area contributed by atoms with Crippen LogP contribution in [-0.2, 0) is 4.79 Å². The Morgan fingerprint density at radius 2 is 1.84 bits per heavy atom. The number of rotatable bonds is 3. The molecule has 2 N–H and O–H groups in total. The van der Waals surface area contributed by atoms with Crippen LogP contribution in [0.2, 0.25) is 0 Å². The highest BCUT2D eigenvalue weighted by Gasteiger charge is 2.34. The second-order valence-electron chi connectivity index (χ2n) is 6.28. The summed E-state index contributed by atoms with van der Waals surface area (Å²) in [7, 11) is 0. The molecule has 2 fully saturated rings. The van der Waals surface area contributed by atoms with Crippen molar-refractivity contribution in [3.8, 4) is 0 Å². The average Bonchev–Trinajstić information content (AvgIpc) is 2.58. The highest BCUT2D eigenvalue weighted by atomic mass is 16.2. The number of likely N-dealkylation sites (tertiary alicyclic amines) is 1. The Morgan fingerprint density at radius 3 is 2.53 bits per heavy atom. The fourth-order valence-electron chi connectivity index (χ4n) is 3.60. The van der Waals surface area contributed by atoms with Crippen LogP contribution in [0.5, 0.6) is 0 Å². The number of carbonyl (C=O) groups is 1. The van der Waals surface area contributed by atoms with E-state index >= 15 is 0 Å². The van der Waals surface area contributed by atoms with Crippen LogP contribution in [0.3, 0.4) is 0 Å². The van der Waals surface area contributed by atoms with Crippen molar-refractivity contribution in [2.24, 2.45) is 0 Å². The van der Waals surface area contributed by atoms with Gasteiger partial charge in [-0.25, -0.2) is 0 Å². The van der Waals surface area contributed by atoms with Gasteiger partial charge in [-0.15, -0.1) is 0 Å². The molecule has 4 atom stereocenters. The van der Waals surface area contributed by atoms with Crippen molar-refractivity contribution in [3.05, 3.63) is 0 Å². The summed E-state index contributed by atoms with van der Waals surface area (Å²) in [6.45, 7) is 8.65. The molecule has 0 aromatic heterocycles. The molecule has 0 aromatic rings. The maximum atomic E-state index is 12.4. The number of carbonyl (C=O) groups excluding carboxylic acids is 1. The number of amides is 1. The van der Waals surface area contributed by atoms with Crippen molar-refractivity contribution < 1.29 is 4.79 Å². The summed E-state index contributed by atoms with van der Waals surface area (Å²) in [6.07, 6.45) is 5.76. The zero-order valence-corrected chi connectivity index (χ0v) is 12.6. The van der Waals surface area contributed by atoms with E-state index in [4.69, 9.17) is 0 Å². The van der Waals surface area contributed by atoms with Crippen LogP contribution in [0.15, 0.2) is 0 Å². The van der Waals surface area contributed by atoms with E-state index in [2.05, 4.69) is 36.3 Å². The molecule has 0 bridgehead atoms. The first kappa shape index (κ1) is 14.8. The quantitative estimate of drug-likeness (QED) is 0.814. The van der Waals surface area contributed by atoms with E-state index in [9.17, 15) is 4.79 Å². The van der Waals surface area contributed by atoms with Crippen LogP contribution in [0.1, 0.15) is 52.9 Å². The van der Waals surface area contributed by atoms with Crippen molar-refractivity contribution in [3.63, 3.8) is 0 Å². The van der Waals surface area contributed by atoms with Crippen LogP contribution in [0.25, 0.3) is 0 Å². The van der Waals surface area contributed by atoms with Crippen LogP contribution >= 0.6 is 0 Å². The summed E-state index contributed by atoms with van der Waals surface area (Å²) in [5.41, 5.74) is 0. The first-order valence-corrected chi connectivity index (χ1v) is 7.88. The molecular formula is C15H29N3O. The van der Waals surface area contributed by atoms with E-state index in [1.807, 2.05) is 0 Å². The fourth-order valence-corrected chi connectivity index (χ4v) is 3.60. The molecule has 110 valence electrons. The molecule has 0 radical (unpaired) electrons. The molecule has 1 amide bonds. The molecule has 4 nitrogen and oxygen atoms in total. The summed E-state index contributed by atoms with van der Waals surface area (Å²) in [4.78, 5) is 14.8. The lowest BCUT2D eigenvalue weighted by Gasteiger charge is -2.32. The smallest absolute Gasteiger partial charge is 0.237 e. The second kappa shape index (κ2) is 6.71. The van der Waals surface area contributed by atoms with E-state index in [0.717, 1.165) is 32.4 Å². The minimum atomic E-state index is 0.00344.